The fraction of sp³-hybridized carbons (Fsp3) is 0.350. The molecular weight excluding hydrogens is 321 g/mol. The van der Waals surface area contributed by atoms with Crippen LogP contribution in [0.5, 0.6) is 5.75 Å². The van der Waals surface area contributed by atoms with Crippen LogP contribution in [-0.2, 0) is 4.74 Å². The Labute approximate surface area is 147 Å². The fourth-order valence-corrected chi connectivity index (χ4v) is 3.19. The van der Waals surface area contributed by atoms with E-state index in [0.717, 1.165) is 5.56 Å². The van der Waals surface area contributed by atoms with Gasteiger partial charge in [-0.1, -0.05) is 36.4 Å². The lowest BCUT2D eigenvalue weighted by molar-refractivity contribution is 0.0573. The van der Waals surface area contributed by atoms with Crippen molar-refractivity contribution < 1.29 is 18.7 Å². The Morgan fingerprint density at radius 2 is 2.00 bits per heavy atom. The molecule has 0 radical (unpaired) electrons. The minimum atomic E-state index is -0.322. The molecule has 1 saturated heterocycles. The van der Waals surface area contributed by atoms with Crippen molar-refractivity contribution in [3.8, 4) is 5.75 Å². The average molecular weight is 343 g/mol. The first-order valence-electron chi connectivity index (χ1n) is 8.56. The standard InChI is InChI=1S/C20H22FNO3/c1-2-24-20(23)22-12-11-19(25-17-10-6-9-16(21)13-17)18(14-22)15-7-4-3-5-8-15/h3-10,13,18-19H,2,11-12,14H2,1H3/t18-,19-/m1/s1. The molecule has 0 aliphatic carbocycles. The first-order valence-corrected chi connectivity index (χ1v) is 8.56. The van der Waals surface area contributed by atoms with Gasteiger partial charge in [-0.15, -0.1) is 0 Å². The van der Waals surface area contributed by atoms with Gasteiger partial charge in [-0.25, -0.2) is 9.18 Å². The molecule has 2 aromatic carbocycles. The van der Waals surface area contributed by atoms with E-state index >= 15 is 0 Å². The van der Waals surface area contributed by atoms with Crippen molar-refractivity contribution in [1.82, 2.24) is 4.90 Å². The van der Waals surface area contributed by atoms with Gasteiger partial charge in [0.2, 0.25) is 0 Å². The first-order chi connectivity index (χ1) is 12.2. The van der Waals surface area contributed by atoms with Crippen LogP contribution in [0.4, 0.5) is 9.18 Å². The molecule has 132 valence electrons. The zero-order valence-corrected chi connectivity index (χ0v) is 14.2. The number of hydrogen-bond acceptors (Lipinski definition) is 3. The van der Waals surface area contributed by atoms with Crippen LogP contribution in [0.25, 0.3) is 0 Å². The molecule has 1 amide bonds. The monoisotopic (exact) mass is 343 g/mol. The van der Waals surface area contributed by atoms with Crippen molar-refractivity contribution >= 4 is 6.09 Å². The molecule has 0 bridgehead atoms. The number of hydrogen-bond donors (Lipinski definition) is 0. The summed E-state index contributed by atoms with van der Waals surface area (Å²) in [7, 11) is 0. The zero-order valence-electron chi connectivity index (χ0n) is 14.2. The molecule has 1 heterocycles. The van der Waals surface area contributed by atoms with Crippen LogP contribution < -0.4 is 4.74 Å². The van der Waals surface area contributed by atoms with E-state index < -0.39 is 0 Å². The SMILES string of the molecule is CCOC(=O)N1CC[C@@H](Oc2cccc(F)c2)[C@@H](c2ccccc2)C1. The highest BCUT2D eigenvalue weighted by Crippen LogP contribution is 2.31. The molecule has 2 aromatic rings. The van der Waals surface area contributed by atoms with Gasteiger partial charge in [0.05, 0.1) is 6.61 Å². The average Bonchev–Trinajstić information content (AvgIpc) is 2.63. The van der Waals surface area contributed by atoms with Gasteiger partial charge in [-0.05, 0) is 24.6 Å². The molecule has 0 N–H and O–H groups in total. The molecule has 3 rings (SSSR count). The summed E-state index contributed by atoms with van der Waals surface area (Å²) in [5, 5.41) is 0. The van der Waals surface area contributed by atoms with Crippen LogP contribution in [0.15, 0.2) is 54.6 Å². The number of carbonyl (C=O) groups excluding carboxylic acids is 1. The quantitative estimate of drug-likeness (QED) is 0.834. The molecule has 5 heteroatoms. The summed E-state index contributed by atoms with van der Waals surface area (Å²) < 4.78 is 24.6. The third kappa shape index (κ3) is 4.29. The van der Waals surface area contributed by atoms with Gasteiger partial charge in [0, 0.05) is 31.5 Å². The van der Waals surface area contributed by atoms with Crippen LogP contribution in [0.3, 0.4) is 0 Å². The van der Waals surface area contributed by atoms with Crippen LogP contribution in [-0.4, -0.2) is 36.8 Å². The van der Waals surface area contributed by atoms with Crippen LogP contribution in [0.1, 0.15) is 24.8 Å². The predicted octanol–water partition coefficient (Wildman–Crippen LogP) is 4.22. The lowest BCUT2D eigenvalue weighted by Gasteiger charge is -2.38. The van der Waals surface area contributed by atoms with E-state index in [0.29, 0.717) is 31.9 Å². The van der Waals surface area contributed by atoms with Gasteiger partial charge in [0.1, 0.15) is 17.7 Å². The van der Waals surface area contributed by atoms with E-state index in [1.165, 1.54) is 12.1 Å². The van der Waals surface area contributed by atoms with E-state index in [-0.39, 0.29) is 23.9 Å². The maximum Gasteiger partial charge on any atom is 0.409 e. The molecule has 0 spiro atoms. The second kappa shape index (κ2) is 8.01. The second-order valence-corrected chi connectivity index (χ2v) is 6.06. The first kappa shape index (κ1) is 17.3. The van der Waals surface area contributed by atoms with Crippen molar-refractivity contribution in [1.29, 1.82) is 0 Å². The number of rotatable bonds is 4. The van der Waals surface area contributed by atoms with Gasteiger partial charge < -0.3 is 14.4 Å². The molecule has 1 aliphatic rings. The minimum Gasteiger partial charge on any atom is -0.490 e. The summed E-state index contributed by atoms with van der Waals surface area (Å²) >= 11 is 0. The lowest BCUT2D eigenvalue weighted by atomic mass is 9.88. The minimum absolute atomic E-state index is 0.00243. The van der Waals surface area contributed by atoms with Gasteiger partial charge in [0.15, 0.2) is 0 Å². The van der Waals surface area contributed by atoms with Crippen molar-refractivity contribution in [3.63, 3.8) is 0 Å². The van der Waals surface area contributed by atoms with Gasteiger partial charge in [-0.3, -0.25) is 0 Å². The molecule has 1 fully saturated rings. The Morgan fingerprint density at radius 3 is 2.72 bits per heavy atom. The number of ether oxygens (including phenoxy) is 2. The summed E-state index contributed by atoms with van der Waals surface area (Å²) in [4.78, 5) is 13.8. The predicted molar refractivity (Wildman–Crippen MR) is 93.2 cm³/mol. The smallest absolute Gasteiger partial charge is 0.409 e. The van der Waals surface area contributed by atoms with E-state index in [9.17, 15) is 9.18 Å². The molecule has 1 aliphatic heterocycles. The molecular formula is C20H22FNO3. The third-order valence-electron chi connectivity index (χ3n) is 4.39. The number of nitrogens with zero attached hydrogens (tertiary/aromatic N) is 1. The summed E-state index contributed by atoms with van der Waals surface area (Å²) in [5.41, 5.74) is 1.10. The Bertz CT molecular complexity index is 707. The fourth-order valence-electron chi connectivity index (χ4n) is 3.19. The van der Waals surface area contributed by atoms with E-state index in [4.69, 9.17) is 9.47 Å². The van der Waals surface area contributed by atoms with Crippen LogP contribution in [0, 0.1) is 5.82 Å². The van der Waals surface area contributed by atoms with E-state index in [2.05, 4.69) is 0 Å². The van der Waals surface area contributed by atoms with Crippen LogP contribution >= 0.6 is 0 Å². The number of likely N-dealkylation sites (tertiary alicyclic amines) is 1. The topological polar surface area (TPSA) is 38.8 Å². The normalized spacial score (nSPS) is 20.2. The highest BCUT2D eigenvalue weighted by Gasteiger charge is 2.34. The largest absolute Gasteiger partial charge is 0.490 e. The van der Waals surface area contributed by atoms with Crippen molar-refractivity contribution in [3.05, 3.63) is 66.0 Å². The van der Waals surface area contributed by atoms with Gasteiger partial charge >= 0.3 is 6.09 Å². The highest BCUT2D eigenvalue weighted by atomic mass is 19.1. The van der Waals surface area contributed by atoms with Crippen LogP contribution in [0.2, 0.25) is 0 Å². The van der Waals surface area contributed by atoms with Crippen molar-refractivity contribution in [2.24, 2.45) is 0 Å². The zero-order chi connectivity index (χ0) is 17.6. The van der Waals surface area contributed by atoms with Gasteiger partial charge in [-0.2, -0.15) is 0 Å². The molecule has 0 saturated carbocycles. The summed E-state index contributed by atoms with van der Waals surface area (Å²) in [6.07, 6.45) is 0.233. The lowest BCUT2D eigenvalue weighted by Crippen LogP contribution is -2.47. The summed E-state index contributed by atoms with van der Waals surface area (Å²) in [6, 6.07) is 16.1. The number of amides is 1. The highest BCUT2D eigenvalue weighted by molar-refractivity contribution is 5.67. The Balaban J connectivity index is 1.80. The number of halogens is 1. The Morgan fingerprint density at radius 1 is 1.20 bits per heavy atom. The third-order valence-corrected chi connectivity index (χ3v) is 4.39. The van der Waals surface area contributed by atoms with Crippen molar-refractivity contribution in [2.75, 3.05) is 19.7 Å². The van der Waals surface area contributed by atoms with E-state index in [1.54, 1.807) is 24.0 Å². The molecule has 0 unspecified atom stereocenters. The maximum absolute atomic E-state index is 13.4. The Kier molecular flexibility index (Phi) is 5.53. The second-order valence-electron chi connectivity index (χ2n) is 6.06. The Hall–Kier alpha value is -2.56. The number of piperidine rings is 1. The molecule has 4 nitrogen and oxygen atoms in total. The number of benzene rings is 2. The molecule has 2 atom stereocenters. The van der Waals surface area contributed by atoms with Gasteiger partial charge in [0.25, 0.3) is 0 Å². The number of carbonyl (C=O) groups is 1. The molecule has 0 aromatic heterocycles. The maximum atomic E-state index is 13.4. The van der Waals surface area contributed by atoms with E-state index in [1.807, 2.05) is 30.3 Å². The summed E-state index contributed by atoms with van der Waals surface area (Å²) in [6.45, 7) is 3.23. The van der Waals surface area contributed by atoms with Crippen molar-refractivity contribution in [2.45, 2.75) is 25.4 Å². The summed E-state index contributed by atoms with van der Waals surface area (Å²) in [5.74, 6) is 0.191. The molecule has 25 heavy (non-hydrogen) atoms.